The highest BCUT2D eigenvalue weighted by molar-refractivity contribution is 5.94. The number of carbonyl (C=O) groups is 3. The van der Waals surface area contributed by atoms with Crippen LogP contribution in [0.3, 0.4) is 0 Å². The van der Waals surface area contributed by atoms with Crippen molar-refractivity contribution in [1.82, 2.24) is 5.32 Å². The van der Waals surface area contributed by atoms with Crippen LogP contribution in [0.25, 0.3) is 0 Å². The molecular weight excluding hydrogens is 308 g/mol. The van der Waals surface area contributed by atoms with Crippen LogP contribution in [0, 0.1) is 10.1 Å². The van der Waals surface area contributed by atoms with Crippen LogP contribution in [0.4, 0.5) is 5.69 Å². The summed E-state index contributed by atoms with van der Waals surface area (Å²) in [4.78, 5) is 44.2. The van der Waals surface area contributed by atoms with Crippen molar-refractivity contribution in [2.24, 2.45) is 0 Å². The number of benzene rings is 1. The van der Waals surface area contributed by atoms with E-state index in [9.17, 15) is 24.5 Å². The Bertz CT molecular complexity index is 598. The van der Waals surface area contributed by atoms with Crippen LogP contribution in [-0.2, 0) is 19.1 Å². The number of ether oxygens (including phenoxy) is 2. The van der Waals surface area contributed by atoms with E-state index in [0.29, 0.717) is 0 Å². The van der Waals surface area contributed by atoms with Crippen molar-refractivity contribution >= 4 is 23.5 Å². The molecule has 124 valence electrons. The van der Waals surface area contributed by atoms with Crippen molar-refractivity contribution in [1.29, 1.82) is 0 Å². The molecule has 1 aromatic rings. The van der Waals surface area contributed by atoms with Gasteiger partial charge in [-0.1, -0.05) is 0 Å². The number of rotatable bonds is 7. The third-order valence-electron chi connectivity index (χ3n) is 2.80. The predicted octanol–water partition coefficient (Wildman–Crippen LogP) is 0.819. The van der Waals surface area contributed by atoms with Crippen molar-refractivity contribution in [3.63, 3.8) is 0 Å². The number of nitrogens with one attached hydrogen (secondary N) is 1. The minimum atomic E-state index is -1.02. The second-order valence-electron chi connectivity index (χ2n) is 4.47. The van der Waals surface area contributed by atoms with Crippen LogP contribution in [0.2, 0.25) is 0 Å². The van der Waals surface area contributed by atoms with Crippen LogP contribution < -0.4 is 5.32 Å². The average Bonchev–Trinajstić information content (AvgIpc) is 2.53. The monoisotopic (exact) mass is 324 g/mol. The maximum absolute atomic E-state index is 11.8. The van der Waals surface area contributed by atoms with Crippen LogP contribution in [0.1, 0.15) is 23.7 Å². The molecule has 0 saturated heterocycles. The van der Waals surface area contributed by atoms with Gasteiger partial charge in [0.2, 0.25) is 0 Å². The Balaban J connectivity index is 2.40. The van der Waals surface area contributed by atoms with Gasteiger partial charge in [-0.3, -0.25) is 19.7 Å². The zero-order valence-corrected chi connectivity index (χ0v) is 12.6. The Labute approximate surface area is 131 Å². The van der Waals surface area contributed by atoms with Gasteiger partial charge in [-0.25, -0.2) is 4.79 Å². The van der Waals surface area contributed by atoms with Gasteiger partial charge in [-0.15, -0.1) is 0 Å². The summed E-state index contributed by atoms with van der Waals surface area (Å²) in [7, 11) is 1.18. The lowest BCUT2D eigenvalue weighted by molar-refractivity contribution is -0.384. The number of nitrogens with zero attached hydrogens (tertiary/aromatic N) is 1. The quantitative estimate of drug-likeness (QED) is 0.447. The zero-order valence-electron chi connectivity index (χ0n) is 12.6. The third kappa shape index (κ3) is 5.73. The van der Waals surface area contributed by atoms with Gasteiger partial charge in [0.25, 0.3) is 11.6 Å². The number of hydrogen-bond acceptors (Lipinski definition) is 7. The number of amides is 1. The van der Waals surface area contributed by atoms with Crippen LogP contribution in [0.15, 0.2) is 24.3 Å². The van der Waals surface area contributed by atoms with E-state index < -0.39 is 28.9 Å². The van der Waals surface area contributed by atoms with Gasteiger partial charge in [0.05, 0.1) is 18.5 Å². The molecule has 0 aliphatic rings. The highest BCUT2D eigenvalue weighted by Gasteiger charge is 2.18. The fraction of sp³-hybridized carbons (Fsp3) is 0.357. The van der Waals surface area contributed by atoms with E-state index in [2.05, 4.69) is 10.1 Å². The molecule has 9 nitrogen and oxygen atoms in total. The fourth-order valence-electron chi connectivity index (χ4n) is 1.58. The number of methoxy groups -OCH3 is 1. The lowest BCUT2D eigenvalue weighted by Crippen LogP contribution is -2.29. The maximum atomic E-state index is 11.8. The Morgan fingerprint density at radius 3 is 2.39 bits per heavy atom. The van der Waals surface area contributed by atoms with Crippen molar-refractivity contribution in [2.75, 3.05) is 13.7 Å². The number of hydrogen-bond donors (Lipinski definition) is 1. The predicted molar refractivity (Wildman–Crippen MR) is 77.6 cm³/mol. The SMILES string of the molecule is COC(=O)C(C)OC(=O)CCNC(=O)c1ccc([N+](=O)[O-])cc1. The molecule has 1 unspecified atom stereocenters. The Morgan fingerprint density at radius 2 is 1.87 bits per heavy atom. The second-order valence-corrected chi connectivity index (χ2v) is 4.47. The third-order valence-corrected chi connectivity index (χ3v) is 2.80. The van der Waals surface area contributed by atoms with E-state index in [1.807, 2.05) is 0 Å². The highest BCUT2D eigenvalue weighted by Crippen LogP contribution is 2.11. The van der Waals surface area contributed by atoms with E-state index in [-0.39, 0.29) is 24.2 Å². The molecule has 0 spiro atoms. The van der Waals surface area contributed by atoms with E-state index in [0.717, 1.165) is 0 Å². The molecular formula is C14H16N2O7. The van der Waals surface area contributed by atoms with Crippen LogP contribution in [0.5, 0.6) is 0 Å². The lowest BCUT2D eigenvalue weighted by atomic mass is 10.2. The topological polar surface area (TPSA) is 125 Å². The van der Waals surface area contributed by atoms with E-state index in [1.165, 1.54) is 38.3 Å². The normalized spacial score (nSPS) is 11.2. The molecule has 0 aliphatic heterocycles. The number of nitro benzene ring substituents is 1. The first kappa shape index (κ1) is 18.1. The molecule has 1 rings (SSSR count). The van der Waals surface area contributed by atoms with Gasteiger partial charge in [0.15, 0.2) is 6.10 Å². The highest BCUT2D eigenvalue weighted by atomic mass is 16.6. The fourth-order valence-corrected chi connectivity index (χ4v) is 1.58. The van der Waals surface area contributed by atoms with Gasteiger partial charge in [0, 0.05) is 24.2 Å². The number of carbonyl (C=O) groups excluding carboxylic acids is 3. The summed E-state index contributed by atoms with van der Waals surface area (Å²) >= 11 is 0. The van der Waals surface area contributed by atoms with E-state index in [1.54, 1.807) is 0 Å². The molecule has 0 bridgehead atoms. The first-order valence-corrected chi connectivity index (χ1v) is 6.65. The standard InChI is InChI=1S/C14H16N2O7/c1-9(14(19)22-2)23-12(17)7-8-15-13(18)10-3-5-11(6-4-10)16(20)21/h3-6,9H,7-8H2,1-2H3,(H,15,18). The van der Waals surface area contributed by atoms with E-state index >= 15 is 0 Å². The molecule has 1 N–H and O–H groups in total. The van der Waals surface area contributed by atoms with Gasteiger partial charge >= 0.3 is 11.9 Å². The summed E-state index contributed by atoms with van der Waals surface area (Å²) in [5, 5.41) is 13.0. The smallest absolute Gasteiger partial charge is 0.346 e. The van der Waals surface area contributed by atoms with Crippen molar-refractivity contribution in [3.8, 4) is 0 Å². The first-order chi connectivity index (χ1) is 10.8. The molecule has 0 heterocycles. The summed E-state index contributed by atoms with van der Waals surface area (Å²) in [6.45, 7) is 1.38. The van der Waals surface area contributed by atoms with Crippen molar-refractivity contribution in [2.45, 2.75) is 19.4 Å². The largest absolute Gasteiger partial charge is 0.466 e. The molecule has 0 aliphatic carbocycles. The molecule has 0 radical (unpaired) electrons. The average molecular weight is 324 g/mol. The number of non-ortho nitro benzene ring substituents is 1. The summed E-state index contributed by atoms with van der Waals surface area (Å²) in [6.07, 6.45) is -1.14. The van der Waals surface area contributed by atoms with Crippen LogP contribution in [-0.4, -0.2) is 42.5 Å². The Hall–Kier alpha value is -2.97. The minimum absolute atomic E-state index is 0.00253. The van der Waals surface area contributed by atoms with Gasteiger partial charge in [0.1, 0.15) is 0 Å². The number of esters is 2. The molecule has 0 aromatic heterocycles. The molecule has 1 aromatic carbocycles. The van der Waals surface area contributed by atoms with E-state index in [4.69, 9.17) is 4.74 Å². The minimum Gasteiger partial charge on any atom is -0.466 e. The Kier molecular flexibility index (Phi) is 6.66. The summed E-state index contributed by atoms with van der Waals surface area (Å²) in [5.74, 6) is -1.81. The van der Waals surface area contributed by atoms with Crippen LogP contribution >= 0.6 is 0 Å². The molecule has 9 heteroatoms. The Morgan fingerprint density at radius 1 is 1.26 bits per heavy atom. The van der Waals surface area contributed by atoms with Gasteiger partial charge < -0.3 is 14.8 Å². The summed E-state index contributed by atoms with van der Waals surface area (Å²) < 4.78 is 9.20. The van der Waals surface area contributed by atoms with Crippen molar-refractivity contribution < 1.29 is 28.8 Å². The zero-order chi connectivity index (χ0) is 17.4. The number of nitro groups is 1. The second kappa shape index (κ2) is 8.47. The molecule has 0 saturated carbocycles. The van der Waals surface area contributed by atoms with Crippen molar-refractivity contribution in [3.05, 3.63) is 39.9 Å². The first-order valence-electron chi connectivity index (χ1n) is 6.65. The summed E-state index contributed by atoms with van der Waals surface area (Å²) in [6, 6.07) is 5.04. The molecule has 0 fully saturated rings. The summed E-state index contributed by atoms with van der Waals surface area (Å²) in [5.41, 5.74) is 0.105. The maximum Gasteiger partial charge on any atom is 0.346 e. The van der Waals surface area contributed by atoms with Gasteiger partial charge in [-0.2, -0.15) is 0 Å². The molecule has 23 heavy (non-hydrogen) atoms. The lowest BCUT2D eigenvalue weighted by Gasteiger charge is -2.11. The van der Waals surface area contributed by atoms with Gasteiger partial charge in [-0.05, 0) is 19.1 Å². The molecule has 1 amide bonds. The molecule has 1 atom stereocenters.